The third kappa shape index (κ3) is 4.25. The highest BCUT2D eigenvalue weighted by Crippen LogP contribution is 1.89. The quantitative estimate of drug-likeness (QED) is 0.366. The second kappa shape index (κ2) is 5.58. The standard InChI is InChI=1S/C7H13NO3/c1-3-10-5-6(8)7(9)11-4-2/h5H,3-4,8H2,1-2H3/b6-5-. The predicted molar refractivity (Wildman–Crippen MR) is 40.5 cm³/mol. The van der Waals surface area contributed by atoms with E-state index in [0.29, 0.717) is 13.2 Å². The molecule has 2 N–H and O–H groups in total. The van der Waals surface area contributed by atoms with Crippen molar-refractivity contribution < 1.29 is 14.3 Å². The third-order valence-corrected chi connectivity index (χ3v) is 0.888. The van der Waals surface area contributed by atoms with Crippen LogP contribution in [0.3, 0.4) is 0 Å². The smallest absolute Gasteiger partial charge is 0.357 e. The molecule has 0 aromatic rings. The SMILES string of the molecule is CCO/C=C(\N)C(=O)OCC. The Kier molecular flexibility index (Phi) is 4.98. The minimum absolute atomic E-state index is 0.00583. The van der Waals surface area contributed by atoms with E-state index in [2.05, 4.69) is 4.74 Å². The number of nitrogens with two attached hydrogens (primary N) is 1. The molecule has 64 valence electrons. The lowest BCUT2D eigenvalue weighted by Gasteiger charge is -2.00. The summed E-state index contributed by atoms with van der Waals surface area (Å²) in [5.41, 5.74) is 5.25. The van der Waals surface area contributed by atoms with Crippen molar-refractivity contribution in [1.29, 1.82) is 0 Å². The molecule has 0 spiro atoms. The van der Waals surface area contributed by atoms with Crippen molar-refractivity contribution in [2.75, 3.05) is 13.2 Å². The van der Waals surface area contributed by atoms with Crippen LogP contribution in [0.2, 0.25) is 0 Å². The van der Waals surface area contributed by atoms with Crippen LogP contribution in [-0.2, 0) is 14.3 Å². The number of ether oxygens (including phenoxy) is 2. The van der Waals surface area contributed by atoms with Gasteiger partial charge in [-0.2, -0.15) is 0 Å². The van der Waals surface area contributed by atoms with Crippen LogP contribution in [0.15, 0.2) is 12.0 Å². The van der Waals surface area contributed by atoms with Crippen molar-refractivity contribution in [2.45, 2.75) is 13.8 Å². The van der Waals surface area contributed by atoms with Crippen molar-refractivity contribution in [1.82, 2.24) is 0 Å². The molecule has 0 unspecified atom stereocenters. The van der Waals surface area contributed by atoms with Gasteiger partial charge in [0.05, 0.1) is 13.2 Å². The van der Waals surface area contributed by atoms with Crippen molar-refractivity contribution in [3.63, 3.8) is 0 Å². The highest BCUT2D eigenvalue weighted by atomic mass is 16.5. The molecule has 0 aliphatic heterocycles. The van der Waals surface area contributed by atoms with Gasteiger partial charge in [-0.25, -0.2) is 4.79 Å². The molecular weight excluding hydrogens is 146 g/mol. The molecule has 0 radical (unpaired) electrons. The topological polar surface area (TPSA) is 61.5 Å². The predicted octanol–water partition coefficient (Wildman–Crippen LogP) is 0.386. The minimum Gasteiger partial charge on any atom is -0.499 e. The van der Waals surface area contributed by atoms with E-state index in [1.54, 1.807) is 13.8 Å². The van der Waals surface area contributed by atoms with Gasteiger partial charge in [0.1, 0.15) is 6.26 Å². The Hall–Kier alpha value is -1.19. The Morgan fingerprint density at radius 1 is 1.45 bits per heavy atom. The van der Waals surface area contributed by atoms with Crippen molar-refractivity contribution in [3.8, 4) is 0 Å². The van der Waals surface area contributed by atoms with Crippen LogP contribution in [0.1, 0.15) is 13.8 Å². The highest BCUT2D eigenvalue weighted by molar-refractivity contribution is 5.86. The fraction of sp³-hybridized carbons (Fsp3) is 0.571. The number of carbonyl (C=O) groups is 1. The zero-order chi connectivity index (χ0) is 8.69. The van der Waals surface area contributed by atoms with E-state index in [4.69, 9.17) is 10.5 Å². The molecule has 0 aromatic heterocycles. The molecule has 0 heterocycles. The molecule has 4 nitrogen and oxygen atoms in total. The third-order valence-electron chi connectivity index (χ3n) is 0.888. The molecule has 4 heteroatoms. The second-order valence-electron chi connectivity index (χ2n) is 1.75. The van der Waals surface area contributed by atoms with Gasteiger partial charge in [-0.05, 0) is 13.8 Å². The van der Waals surface area contributed by atoms with Gasteiger partial charge in [0, 0.05) is 0 Å². The van der Waals surface area contributed by atoms with Gasteiger partial charge in [0.15, 0.2) is 5.70 Å². The first-order valence-electron chi connectivity index (χ1n) is 3.46. The van der Waals surface area contributed by atoms with Crippen LogP contribution in [0, 0.1) is 0 Å². The fourth-order valence-electron chi connectivity index (χ4n) is 0.436. The lowest BCUT2D eigenvalue weighted by molar-refractivity contribution is -0.138. The molecular formula is C7H13NO3. The van der Waals surface area contributed by atoms with E-state index < -0.39 is 5.97 Å². The van der Waals surface area contributed by atoms with Gasteiger partial charge in [-0.15, -0.1) is 0 Å². The van der Waals surface area contributed by atoms with Gasteiger partial charge < -0.3 is 15.2 Å². The molecule has 0 amide bonds. The molecule has 0 saturated heterocycles. The first kappa shape index (κ1) is 9.81. The van der Waals surface area contributed by atoms with E-state index in [1.165, 1.54) is 6.26 Å². The molecule has 0 rings (SSSR count). The van der Waals surface area contributed by atoms with Gasteiger partial charge in [-0.1, -0.05) is 0 Å². The zero-order valence-corrected chi connectivity index (χ0v) is 6.79. The Balaban J connectivity index is 3.80. The molecule has 0 aliphatic rings. The molecule has 0 saturated carbocycles. The highest BCUT2D eigenvalue weighted by Gasteiger charge is 2.04. The molecule has 0 aromatic carbocycles. The zero-order valence-electron chi connectivity index (χ0n) is 6.79. The number of carbonyl (C=O) groups excluding carboxylic acids is 1. The van der Waals surface area contributed by atoms with Crippen molar-refractivity contribution in [3.05, 3.63) is 12.0 Å². The van der Waals surface area contributed by atoms with E-state index in [-0.39, 0.29) is 5.70 Å². The summed E-state index contributed by atoms with van der Waals surface area (Å²) in [6, 6.07) is 0. The van der Waals surface area contributed by atoms with Crippen LogP contribution in [0.5, 0.6) is 0 Å². The van der Waals surface area contributed by atoms with E-state index >= 15 is 0 Å². The molecule has 0 fully saturated rings. The Bertz CT molecular complexity index is 154. The monoisotopic (exact) mass is 159 g/mol. The first-order chi connectivity index (χ1) is 5.22. The second-order valence-corrected chi connectivity index (χ2v) is 1.75. The largest absolute Gasteiger partial charge is 0.499 e. The maximum Gasteiger partial charge on any atom is 0.357 e. The van der Waals surface area contributed by atoms with E-state index in [9.17, 15) is 4.79 Å². The van der Waals surface area contributed by atoms with E-state index in [0.717, 1.165) is 0 Å². The molecule has 0 atom stereocenters. The summed E-state index contributed by atoms with van der Waals surface area (Å²) >= 11 is 0. The summed E-state index contributed by atoms with van der Waals surface area (Å²) in [5.74, 6) is -0.541. The lowest BCUT2D eigenvalue weighted by atomic mass is 10.5. The summed E-state index contributed by atoms with van der Waals surface area (Å²) in [5, 5.41) is 0. The fourth-order valence-corrected chi connectivity index (χ4v) is 0.436. The van der Waals surface area contributed by atoms with Crippen molar-refractivity contribution in [2.24, 2.45) is 5.73 Å². The average molecular weight is 159 g/mol. The summed E-state index contributed by atoms with van der Waals surface area (Å²) in [6.45, 7) is 4.32. The average Bonchev–Trinajstić information content (AvgIpc) is 2.00. The van der Waals surface area contributed by atoms with Crippen LogP contribution in [-0.4, -0.2) is 19.2 Å². The maximum atomic E-state index is 10.8. The van der Waals surface area contributed by atoms with Gasteiger partial charge in [-0.3, -0.25) is 0 Å². The van der Waals surface area contributed by atoms with Crippen LogP contribution in [0.4, 0.5) is 0 Å². The number of rotatable bonds is 4. The Morgan fingerprint density at radius 2 is 2.09 bits per heavy atom. The Labute approximate surface area is 66.0 Å². The summed E-state index contributed by atoms with van der Waals surface area (Å²) < 4.78 is 9.36. The summed E-state index contributed by atoms with van der Waals surface area (Å²) in [7, 11) is 0. The Morgan fingerprint density at radius 3 is 2.55 bits per heavy atom. The van der Waals surface area contributed by atoms with Gasteiger partial charge in [0.25, 0.3) is 0 Å². The maximum absolute atomic E-state index is 10.8. The number of hydrogen-bond donors (Lipinski definition) is 1. The number of hydrogen-bond acceptors (Lipinski definition) is 4. The lowest BCUT2D eigenvalue weighted by Crippen LogP contribution is -2.14. The normalized spacial score (nSPS) is 10.9. The first-order valence-corrected chi connectivity index (χ1v) is 3.46. The van der Waals surface area contributed by atoms with Crippen molar-refractivity contribution >= 4 is 5.97 Å². The van der Waals surface area contributed by atoms with Gasteiger partial charge in [0.2, 0.25) is 0 Å². The molecule has 0 bridgehead atoms. The van der Waals surface area contributed by atoms with Crippen LogP contribution in [0.25, 0.3) is 0 Å². The van der Waals surface area contributed by atoms with Gasteiger partial charge >= 0.3 is 5.97 Å². The summed E-state index contributed by atoms with van der Waals surface area (Å²) in [6.07, 6.45) is 1.19. The molecule has 0 aliphatic carbocycles. The van der Waals surface area contributed by atoms with E-state index in [1.807, 2.05) is 0 Å². The number of esters is 1. The summed E-state index contributed by atoms with van der Waals surface area (Å²) in [4.78, 5) is 10.8. The minimum atomic E-state index is -0.541. The molecule has 11 heavy (non-hydrogen) atoms. The van der Waals surface area contributed by atoms with Crippen LogP contribution < -0.4 is 5.73 Å². The van der Waals surface area contributed by atoms with Crippen LogP contribution >= 0.6 is 0 Å².